The summed E-state index contributed by atoms with van der Waals surface area (Å²) in [4.78, 5) is 6.13. The molecule has 2 aliphatic carbocycles. The van der Waals surface area contributed by atoms with Crippen LogP contribution in [-0.4, -0.2) is 27.6 Å². The average molecular weight is 312 g/mol. The van der Waals surface area contributed by atoms with Crippen LogP contribution in [0.15, 0.2) is 36.7 Å². The van der Waals surface area contributed by atoms with E-state index in [2.05, 4.69) is 33.4 Å². The van der Waals surface area contributed by atoms with Crippen molar-refractivity contribution < 1.29 is 0 Å². The molecule has 0 spiro atoms. The largest absolute Gasteiger partial charge is 0.359 e. The van der Waals surface area contributed by atoms with Crippen LogP contribution >= 0.6 is 12.2 Å². The highest BCUT2D eigenvalue weighted by molar-refractivity contribution is 7.80. The normalized spacial score (nSPS) is 25.0. The van der Waals surface area contributed by atoms with Gasteiger partial charge in [-0.05, 0) is 54.6 Å². The zero-order valence-corrected chi connectivity index (χ0v) is 13.3. The first-order chi connectivity index (χ1) is 10.8. The Labute approximate surface area is 136 Å². The second kappa shape index (κ2) is 6.89. The summed E-state index contributed by atoms with van der Waals surface area (Å²) < 4.78 is 0. The molecule has 22 heavy (non-hydrogen) atoms. The predicted octanol–water partition coefficient (Wildman–Crippen LogP) is 2.64. The number of nitrogens with one attached hydrogen (secondary N) is 1. The monoisotopic (exact) mass is 312 g/mol. The molecule has 2 aliphatic rings. The van der Waals surface area contributed by atoms with Crippen LogP contribution in [0.4, 0.5) is 0 Å². The van der Waals surface area contributed by atoms with Crippen molar-refractivity contribution in [2.75, 3.05) is 6.54 Å². The lowest BCUT2D eigenvalue weighted by molar-refractivity contribution is 0.396. The molecule has 5 heteroatoms. The highest BCUT2D eigenvalue weighted by atomic mass is 32.1. The summed E-state index contributed by atoms with van der Waals surface area (Å²) in [6, 6.07) is 6.63. The number of rotatable bonds is 5. The SMILES string of the molecule is N#CCCN(Cc1ccncc1)C(=S)N[C@@H]1C[C@@H]2C=C[C@@H]1C2. The summed E-state index contributed by atoms with van der Waals surface area (Å²) in [5.74, 6) is 1.33. The maximum Gasteiger partial charge on any atom is 0.169 e. The van der Waals surface area contributed by atoms with E-state index in [1.165, 1.54) is 12.8 Å². The van der Waals surface area contributed by atoms with Crippen molar-refractivity contribution in [2.24, 2.45) is 11.8 Å². The first-order valence-electron chi connectivity index (χ1n) is 7.76. The van der Waals surface area contributed by atoms with Gasteiger partial charge in [0.25, 0.3) is 0 Å². The Bertz CT molecular complexity index is 592. The molecule has 0 saturated heterocycles. The Morgan fingerprint density at radius 1 is 1.36 bits per heavy atom. The van der Waals surface area contributed by atoms with Gasteiger partial charge in [0.2, 0.25) is 0 Å². The van der Waals surface area contributed by atoms with Crippen LogP contribution < -0.4 is 5.32 Å². The van der Waals surface area contributed by atoms with Crippen molar-refractivity contribution in [3.63, 3.8) is 0 Å². The molecule has 0 amide bonds. The van der Waals surface area contributed by atoms with E-state index in [-0.39, 0.29) is 0 Å². The highest BCUT2D eigenvalue weighted by Gasteiger charge is 2.36. The lowest BCUT2D eigenvalue weighted by Gasteiger charge is -2.29. The highest BCUT2D eigenvalue weighted by Crippen LogP contribution is 2.39. The number of hydrogen-bond donors (Lipinski definition) is 1. The standard InChI is InChI=1S/C17H20N4S/c18-6-1-9-21(12-13-4-7-19-8-5-13)17(22)20-16-11-14-2-3-15(16)10-14/h2-5,7-8,14-16H,1,9-12H2,(H,20,22)/t14-,15-,16-/m1/s1. The first kappa shape index (κ1) is 15.0. The zero-order chi connectivity index (χ0) is 15.4. The number of allylic oxidation sites excluding steroid dienone is 1. The van der Waals surface area contributed by atoms with Crippen LogP contribution in [0.25, 0.3) is 0 Å². The summed E-state index contributed by atoms with van der Waals surface area (Å²) in [6.45, 7) is 1.37. The van der Waals surface area contributed by atoms with Gasteiger partial charge in [-0.25, -0.2) is 0 Å². The van der Waals surface area contributed by atoms with E-state index in [1.807, 2.05) is 12.1 Å². The van der Waals surface area contributed by atoms with Gasteiger partial charge in [-0.2, -0.15) is 5.26 Å². The molecule has 0 radical (unpaired) electrons. The van der Waals surface area contributed by atoms with Crippen LogP contribution in [0, 0.1) is 23.2 Å². The molecular formula is C17H20N4S. The minimum absolute atomic E-state index is 0.449. The van der Waals surface area contributed by atoms with Crippen LogP contribution in [0.1, 0.15) is 24.8 Å². The molecule has 1 saturated carbocycles. The second-order valence-corrected chi connectivity index (χ2v) is 6.41. The molecule has 0 unspecified atom stereocenters. The Morgan fingerprint density at radius 2 is 2.18 bits per heavy atom. The van der Waals surface area contributed by atoms with E-state index in [0.29, 0.717) is 31.5 Å². The van der Waals surface area contributed by atoms with Crippen LogP contribution in [0.2, 0.25) is 0 Å². The zero-order valence-electron chi connectivity index (χ0n) is 12.5. The van der Waals surface area contributed by atoms with E-state index < -0.39 is 0 Å². The van der Waals surface area contributed by atoms with E-state index in [0.717, 1.165) is 16.6 Å². The van der Waals surface area contributed by atoms with E-state index in [4.69, 9.17) is 17.5 Å². The average Bonchev–Trinajstić information content (AvgIpc) is 3.15. The van der Waals surface area contributed by atoms with E-state index >= 15 is 0 Å². The van der Waals surface area contributed by atoms with E-state index in [9.17, 15) is 0 Å². The molecule has 4 nitrogen and oxygen atoms in total. The smallest absolute Gasteiger partial charge is 0.169 e. The maximum absolute atomic E-state index is 8.87. The minimum atomic E-state index is 0.449. The molecule has 0 aliphatic heterocycles. The summed E-state index contributed by atoms with van der Waals surface area (Å²) in [5, 5.41) is 13.2. The minimum Gasteiger partial charge on any atom is -0.359 e. The Hall–Kier alpha value is -1.93. The van der Waals surface area contributed by atoms with Crippen LogP contribution in [0.5, 0.6) is 0 Å². The lowest BCUT2D eigenvalue weighted by Crippen LogP contribution is -2.46. The van der Waals surface area contributed by atoms with Crippen molar-refractivity contribution in [2.45, 2.75) is 31.8 Å². The van der Waals surface area contributed by atoms with Crippen molar-refractivity contribution in [3.05, 3.63) is 42.2 Å². The van der Waals surface area contributed by atoms with Gasteiger partial charge in [0.1, 0.15) is 0 Å². The maximum atomic E-state index is 8.87. The summed E-state index contributed by atoms with van der Waals surface area (Å²) in [5.41, 5.74) is 1.16. The Balaban J connectivity index is 1.62. The second-order valence-electron chi connectivity index (χ2n) is 6.02. The number of aromatic nitrogens is 1. The van der Waals surface area contributed by atoms with E-state index in [1.54, 1.807) is 12.4 Å². The van der Waals surface area contributed by atoms with Crippen molar-refractivity contribution in [1.29, 1.82) is 5.26 Å². The third-order valence-corrected chi connectivity index (χ3v) is 4.87. The van der Waals surface area contributed by atoms with Gasteiger partial charge in [-0.1, -0.05) is 12.2 Å². The Kier molecular flexibility index (Phi) is 4.69. The summed E-state index contributed by atoms with van der Waals surface area (Å²) >= 11 is 5.61. The number of hydrogen-bond acceptors (Lipinski definition) is 3. The number of thiocarbonyl (C=S) groups is 1. The van der Waals surface area contributed by atoms with Crippen molar-refractivity contribution in [3.8, 4) is 6.07 Å². The van der Waals surface area contributed by atoms with Gasteiger partial charge in [0.05, 0.1) is 12.5 Å². The molecule has 3 atom stereocenters. The van der Waals surface area contributed by atoms with Gasteiger partial charge in [0, 0.05) is 31.5 Å². The van der Waals surface area contributed by atoms with Gasteiger partial charge < -0.3 is 10.2 Å². The summed E-state index contributed by atoms with van der Waals surface area (Å²) in [7, 11) is 0. The van der Waals surface area contributed by atoms with Gasteiger partial charge >= 0.3 is 0 Å². The molecule has 1 aromatic heterocycles. The topological polar surface area (TPSA) is 52.0 Å². The fourth-order valence-corrected chi connectivity index (χ4v) is 3.65. The molecule has 2 bridgehead atoms. The number of fused-ring (bicyclic) bond motifs is 2. The molecule has 114 valence electrons. The van der Waals surface area contributed by atoms with Crippen molar-refractivity contribution in [1.82, 2.24) is 15.2 Å². The number of nitrogens with zero attached hydrogens (tertiary/aromatic N) is 3. The molecule has 1 N–H and O–H groups in total. The first-order valence-corrected chi connectivity index (χ1v) is 8.16. The van der Waals surface area contributed by atoms with Gasteiger partial charge in [-0.15, -0.1) is 0 Å². The molecule has 1 fully saturated rings. The number of nitriles is 1. The molecule has 0 aromatic carbocycles. The Morgan fingerprint density at radius 3 is 2.82 bits per heavy atom. The van der Waals surface area contributed by atoms with Crippen LogP contribution in [0.3, 0.4) is 0 Å². The fourth-order valence-electron chi connectivity index (χ4n) is 3.34. The molecular weight excluding hydrogens is 292 g/mol. The summed E-state index contributed by atoms with van der Waals surface area (Å²) in [6.07, 6.45) is 11.1. The lowest BCUT2D eigenvalue weighted by atomic mass is 10.0. The third kappa shape index (κ3) is 3.45. The molecule has 3 rings (SSSR count). The quantitative estimate of drug-likeness (QED) is 0.669. The predicted molar refractivity (Wildman–Crippen MR) is 89.8 cm³/mol. The third-order valence-electron chi connectivity index (χ3n) is 4.49. The fraction of sp³-hybridized carbons (Fsp3) is 0.471. The van der Waals surface area contributed by atoms with Crippen molar-refractivity contribution >= 4 is 17.3 Å². The molecule has 1 aromatic rings. The van der Waals surface area contributed by atoms with Crippen LogP contribution in [-0.2, 0) is 6.54 Å². The number of pyridine rings is 1. The molecule has 1 heterocycles. The van der Waals surface area contributed by atoms with Gasteiger partial charge in [0.15, 0.2) is 5.11 Å². The van der Waals surface area contributed by atoms with Gasteiger partial charge in [-0.3, -0.25) is 4.98 Å².